The normalized spacial score (nSPS) is 11.4. The van der Waals surface area contributed by atoms with Gasteiger partial charge in [-0.05, 0) is 30.5 Å². The lowest BCUT2D eigenvalue weighted by Gasteiger charge is -2.14. The zero-order chi connectivity index (χ0) is 19.8. The standard InChI is InChI=1S/C21H24F2N4O.HI/c1-24-21(27-14-16-7-2-5-11-19(16)28-20(22)23)25-12-6-8-15-13-26-18-10-4-3-9-17(15)18;/h2-5,7,9-11,13,20,26H,6,8,12,14H2,1H3,(H2,24,25,27);1H. The molecule has 0 unspecified atom stereocenters. The Morgan fingerprint density at radius 3 is 2.62 bits per heavy atom. The largest absolute Gasteiger partial charge is 0.434 e. The van der Waals surface area contributed by atoms with Crippen molar-refractivity contribution in [1.82, 2.24) is 15.6 Å². The summed E-state index contributed by atoms with van der Waals surface area (Å²) < 4.78 is 29.6. The predicted octanol–water partition coefficient (Wildman–Crippen LogP) is 4.69. The van der Waals surface area contributed by atoms with Crippen molar-refractivity contribution in [3.05, 3.63) is 65.9 Å². The molecule has 2 aromatic carbocycles. The van der Waals surface area contributed by atoms with E-state index in [-0.39, 0.29) is 29.7 Å². The average Bonchev–Trinajstić information content (AvgIpc) is 3.11. The number of aryl methyl sites for hydroxylation is 1. The number of ether oxygens (including phenoxy) is 1. The minimum absolute atomic E-state index is 0. The summed E-state index contributed by atoms with van der Waals surface area (Å²) in [6.07, 6.45) is 3.93. The number of hydrogen-bond acceptors (Lipinski definition) is 2. The molecule has 0 bridgehead atoms. The monoisotopic (exact) mass is 514 g/mol. The van der Waals surface area contributed by atoms with E-state index < -0.39 is 6.61 Å². The second-order valence-electron chi connectivity index (χ2n) is 6.30. The zero-order valence-corrected chi connectivity index (χ0v) is 18.5. The number of nitrogens with one attached hydrogen (secondary N) is 3. The maximum absolute atomic E-state index is 12.5. The van der Waals surface area contributed by atoms with Crippen LogP contribution in [0, 0.1) is 0 Å². The van der Waals surface area contributed by atoms with E-state index >= 15 is 0 Å². The Labute approximate surface area is 186 Å². The van der Waals surface area contributed by atoms with Gasteiger partial charge in [-0.1, -0.05) is 36.4 Å². The number of guanidine groups is 1. The molecule has 3 N–H and O–H groups in total. The molecule has 0 aliphatic heterocycles. The predicted molar refractivity (Wildman–Crippen MR) is 123 cm³/mol. The van der Waals surface area contributed by atoms with E-state index in [2.05, 4.69) is 43.7 Å². The fourth-order valence-electron chi connectivity index (χ4n) is 3.08. The lowest BCUT2D eigenvalue weighted by molar-refractivity contribution is -0.0504. The van der Waals surface area contributed by atoms with E-state index in [0.29, 0.717) is 18.1 Å². The molecule has 0 amide bonds. The number of para-hydroxylation sites is 2. The summed E-state index contributed by atoms with van der Waals surface area (Å²) in [5.41, 5.74) is 3.08. The van der Waals surface area contributed by atoms with Gasteiger partial charge in [0.05, 0.1) is 0 Å². The quantitative estimate of drug-likeness (QED) is 0.177. The van der Waals surface area contributed by atoms with Gasteiger partial charge in [-0.3, -0.25) is 4.99 Å². The summed E-state index contributed by atoms with van der Waals surface area (Å²) in [7, 11) is 1.68. The van der Waals surface area contributed by atoms with E-state index in [1.165, 1.54) is 17.0 Å². The molecule has 0 aliphatic rings. The van der Waals surface area contributed by atoms with Crippen molar-refractivity contribution >= 4 is 40.8 Å². The summed E-state index contributed by atoms with van der Waals surface area (Å²) in [4.78, 5) is 7.46. The highest BCUT2D eigenvalue weighted by molar-refractivity contribution is 14.0. The molecule has 3 aromatic rings. The molecule has 1 aromatic heterocycles. The Morgan fingerprint density at radius 1 is 1.07 bits per heavy atom. The molecule has 1 heterocycles. The summed E-state index contributed by atoms with van der Waals surface area (Å²) in [6.45, 7) is -1.76. The molecular formula is C21H25F2IN4O. The zero-order valence-electron chi connectivity index (χ0n) is 16.1. The van der Waals surface area contributed by atoms with Gasteiger partial charge in [-0.15, -0.1) is 24.0 Å². The number of H-pyrrole nitrogens is 1. The highest BCUT2D eigenvalue weighted by atomic mass is 127. The third kappa shape index (κ3) is 6.59. The number of aromatic amines is 1. The Morgan fingerprint density at radius 2 is 1.83 bits per heavy atom. The fourth-order valence-corrected chi connectivity index (χ4v) is 3.08. The van der Waals surface area contributed by atoms with Crippen molar-refractivity contribution in [3.63, 3.8) is 0 Å². The van der Waals surface area contributed by atoms with E-state index in [9.17, 15) is 8.78 Å². The Balaban J connectivity index is 0.00000300. The molecule has 0 radical (unpaired) electrons. The lowest BCUT2D eigenvalue weighted by Crippen LogP contribution is -2.37. The second-order valence-corrected chi connectivity index (χ2v) is 6.30. The van der Waals surface area contributed by atoms with Crippen LogP contribution in [0.25, 0.3) is 10.9 Å². The van der Waals surface area contributed by atoms with Crippen LogP contribution in [0.15, 0.2) is 59.7 Å². The second kappa shape index (κ2) is 11.6. The fraction of sp³-hybridized carbons (Fsp3) is 0.286. The third-order valence-electron chi connectivity index (χ3n) is 4.45. The van der Waals surface area contributed by atoms with Crippen LogP contribution in [0.1, 0.15) is 17.5 Å². The summed E-state index contributed by atoms with van der Waals surface area (Å²) in [5, 5.41) is 7.63. The van der Waals surface area contributed by atoms with E-state index in [0.717, 1.165) is 24.9 Å². The molecular weight excluding hydrogens is 489 g/mol. The molecule has 0 atom stereocenters. The number of nitrogens with zero attached hydrogens (tertiary/aromatic N) is 1. The molecule has 3 rings (SSSR count). The van der Waals surface area contributed by atoms with Crippen LogP contribution in [0.4, 0.5) is 8.78 Å². The number of halogens is 3. The van der Waals surface area contributed by atoms with Crippen LogP contribution >= 0.6 is 24.0 Å². The van der Waals surface area contributed by atoms with Crippen molar-refractivity contribution in [3.8, 4) is 5.75 Å². The highest BCUT2D eigenvalue weighted by Crippen LogP contribution is 2.20. The maximum atomic E-state index is 12.5. The Bertz CT molecular complexity index is 930. The van der Waals surface area contributed by atoms with Gasteiger partial charge in [0, 0.05) is 42.8 Å². The number of rotatable bonds is 8. The number of alkyl halides is 2. The number of fused-ring (bicyclic) bond motifs is 1. The van der Waals surface area contributed by atoms with Gasteiger partial charge >= 0.3 is 6.61 Å². The van der Waals surface area contributed by atoms with Gasteiger partial charge < -0.3 is 20.4 Å². The molecule has 0 aliphatic carbocycles. The molecule has 0 spiro atoms. The van der Waals surface area contributed by atoms with Gasteiger partial charge in [0.15, 0.2) is 5.96 Å². The molecule has 0 saturated heterocycles. The first-order valence-electron chi connectivity index (χ1n) is 9.19. The maximum Gasteiger partial charge on any atom is 0.387 e. The first kappa shape index (κ1) is 22.9. The smallest absolute Gasteiger partial charge is 0.387 e. The Kier molecular flexibility index (Phi) is 9.17. The van der Waals surface area contributed by atoms with Crippen LogP contribution < -0.4 is 15.4 Å². The van der Waals surface area contributed by atoms with Gasteiger partial charge in [0.25, 0.3) is 0 Å². The average molecular weight is 514 g/mol. The highest BCUT2D eigenvalue weighted by Gasteiger charge is 2.09. The summed E-state index contributed by atoms with van der Waals surface area (Å²) >= 11 is 0. The van der Waals surface area contributed by atoms with Crippen molar-refractivity contribution in [2.75, 3.05) is 13.6 Å². The van der Waals surface area contributed by atoms with E-state index in [1.807, 2.05) is 12.1 Å². The summed E-state index contributed by atoms with van der Waals surface area (Å²) in [5.74, 6) is 0.783. The number of benzene rings is 2. The number of aliphatic imine (C=N–C) groups is 1. The third-order valence-corrected chi connectivity index (χ3v) is 4.45. The molecule has 156 valence electrons. The molecule has 0 fully saturated rings. The topological polar surface area (TPSA) is 61.4 Å². The van der Waals surface area contributed by atoms with Crippen LogP contribution in [0.5, 0.6) is 5.75 Å². The van der Waals surface area contributed by atoms with Crippen molar-refractivity contribution in [2.45, 2.75) is 26.0 Å². The SMILES string of the molecule is CN=C(NCCCc1c[nH]c2ccccc12)NCc1ccccc1OC(F)F.I. The van der Waals surface area contributed by atoms with Crippen LogP contribution in [-0.4, -0.2) is 31.1 Å². The number of aromatic nitrogens is 1. The van der Waals surface area contributed by atoms with Gasteiger partial charge in [0.2, 0.25) is 0 Å². The van der Waals surface area contributed by atoms with E-state index in [1.54, 1.807) is 25.2 Å². The number of hydrogen-bond donors (Lipinski definition) is 3. The van der Waals surface area contributed by atoms with Crippen LogP contribution in [0.3, 0.4) is 0 Å². The summed E-state index contributed by atoms with van der Waals surface area (Å²) in [6, 6.07) is 15.0. The molecule has 8 heteroatoms. The first-order chi connectivity index (χ1) is 13.7. The molecule has 29 heavy (non-hydrogen) atoms. The molecule has 0 saturated carbocycles. The van der Waals surface area contributed by atoms with Crippen LogP contribution in [0.2, 0.25) is 0 Å². The van der Waals surface area contributed by atoms with Gasteiger partial charge in [-0.25, -0.2) is 0 Å². The van der Waals surface area contributed by atoms with E-state index in [4.69, 9.17) is 0 Å². The lowest BCUT2D eigenvalue weighted by atomic mass is 10.1. The van der Waals surface area contributed by atoms with Crippen LogP contribution in [-0.2, 0) is 13.0 Å². The van der Waals surface area contributed by atoms with Gasteiger partial charge in [0.1, 0.15) is 5.75 Å². The van der Waals surface area contributed by atoms with Crippen molar-refractivity contribution in [2.24, 2.45) is 4.99 Å². The molecule has 5 nitrogen and oxygen atoms in total. The first-order valence-corrected chi connectivity index (χ1v) is 9.19. The minimum Gasteiger partial charge on any atom is -0.434 e. The minimum atomic E-state index is -2.84. The van der Waals surface area contributed by atoms with Crippen molar-refractivity contribution in [1.29, 1.82) is 0 Å². The van der Waals surface area contributed by atoms with Crippen molar-refractivity contribution < 1.29 is 13.5 Å². The van der Waals surface area contributed by atoms with Gasteiger partial charge in [-0.2, -0.15) is 8.78 Å². The Hall–Kier alpha value is -2.36.